The Labute approximate surface area is 167 Å². The number of hydrogen-bond donors (Lipinski definition) is 1. The third kappa shape index (κ3) is 6.55. The molecule has 1 N–H and O–H groups in total. The monoisotopic (exact) mass is 389 g/mol. The summed E-state index contributed by atoms with van der Waals surface area (Å²) in [5, 5.41) is 2.87. The lowest BCUT2D eigenvalue weighted by Crippen LogP contribution is -2.51. The summed E-state index contributed by atoms with van der Waals surface area (Å²) in [6.45, 7) is 11.2. The zero-order valence-electron chi connectivity index (χ0n) is 17.5. The average molecular weight is 389 g/mol. The van der Waals surface area contributed by atoms with Crippen molar-refractivity contribution in [1.29, 1.82) is 0 Å². The van der Waals surface area contributed by atoms with Gasteiger partial charge in [-0.2, -0.15) is 0 Å². The van der Waals surface area contributed by atoms with Crippen LogP contribution < -0.4 is 5.32 Å². The zero-order valence-corrected chi connectivity index (χ0v) is 17.5. The van der Waals surface area contributed by atoms with Gasteiger partial charge >= 0.3 is 6.09 Å². The topological polar surface area (TPSA) is 79.0 Å². The van der Waals surface area contributed by atoms with Crippen molar-refractivity contribution in [2.75, 3.05) is 31.5 Å². The predicted octanol–water partition coefficient (Wildman–Crippen LogP) is 3.10. The van der Waals surface area contributed by atoms with Gasteiger partial charge in [-0.25, -0.2) is 4.79 Å². The molecule has 2 rings (SSSR count). The number of carbonyl (C=O) groups excluding carboxylic acids is 3. The molecule has 0 spiro atoms. The molecule has 1 aromatic carbocycles. The highest BCUT2D eigenvalue weighted by atomic mass is 16.6. The number of amides is 3. The Balaban J connectivity index is 1.76. The van der Waals surface area contributed by atoms with Gasteiger partial charge in [0.1, 0.15) is 5.60 Å². The third-order valence-electron chi connectivity index (χ3n) is 4.52. The van der Waals surface area contributed by atoms with E-state index in [1.54, 1.807) is 9.80 Å². The van der Waals surface area contributed by atoms with Gasteiger partial charge in [-0.3, -0.25) is 9.59 Å². The molecule has 0 radical (unpaired) electrons. The molecule has 0 bridgehead atoms. The van der Waals surface area contributed by atoms with Gasteiger partial charge in [-0.15, -0.1) is 0 Å². The summed E-state index contributed by atoms with van der Waals surface area (Å²) in [5.74, 6) is -0.241. The first-order chi connectivity index (χ1) is 13.0. The fraction of sp³-hybridized carbons (Fsp3) is 0.571. The summed E-state index contributed by atoms with van der Waals surface area (Å²) in [6, 6.07) is 5.87. The van der Waals surface area contributed by atoms with Crippen LogP contribution in [0.15, 0.2) is 18.2 Å². The van der Waals surface area contributed by atoms with E-state index in [1.165, 1.54) is 0 Å². The van der Waals surface area contributed by atoms with Gasteiger partial charge in [0.25, 0.3) is 0 Å². The Kier molecular flexibility index (Phi) is 7.05. The summed E-state index contributed by atoms with van der Waals surface area (Å²) < 4.78 is 5.36. The molecule has 1 aliphatic rings. The molecule has 0 saturated carbocycles. The van der Waals surface area contributed by atoms with Crippen molar-refractivity contribution in [3.8, 4) is 0 Å². The third-order valence-corrected chi connectivity index (χ3v) is 4.52. The van der Waals surface area contributed by atoms with Crippen LogP contribution in [0.2, 0.25) is 0 Å². The van der Waals surface area contributed by atoms with Crippen LogP contribution in [0.5, 0.6) is 0 Å². The minimum atomic E-state index is -0.535. The predicted molar refractivity (Wildman–Crippen MR) is 108 cm³/mol. The minimum Gasteiger partial charge on any atom is -0.444 e. The highest BCUT2D eigenvalue weighted by Crippen LogP contribution is 2.17. The molecule has 0 unspecified atom stereocenters. The first-order valence-electron chi connectivity index (χ1n) is 9.68. The number of anilines is 1. The molecule has 1 heterocycles. The number of rotatable bonds is 4. The van der Waals surface area contributed by atoms with Gasteiger partial charge in [0, 0.05) is 44.7 Å². The summed E-state index contributed by atoms with van der Waals surface area (Å²) in [6.07, 6.45) is -0.0609. The number of carbonyl (C=O) groups is 3. The maximum absolute atomic E-state index is 12.4. The fourth-order valence-corrected chi connectivity index (χ4v) is 2.93. The lowest BCUT2D eigenvalue weighted by atomic mass is 10.1. The molecule has 1 fully saturated rings. The van der Waals surface area contributed by atoms with Crippen molar-refractivity contribution in [3.63, 3.8) is 0 Å². The van der Waals surface area contributed by atoms with Gasteiger partial charge in [-0.05, 0) is 51.8 Å². The fourth-order valence-electron chi connectivity index (χ4n) is 2.93. The number of aryl methyl sites for hydroxylation is 2. The Morgan fingerprint density at radius 1 is 1.00 bits per heavy atom. The number of piperazine rings is 1. The highest BCUT2D eigenvalue weighted by Gasteiger charge is 2.27. The van der Waals surface area contributed by atoms with Crippen LogP contribution in [0.4, 0.5) is 10.5 Å². The Bertz CT molecular complexity index is 732. The Morgan fingerprint density at radius 2 is 1.61 bits per heavy atom. The Hall–Kier alpha value is -2.57. The van der Waals surface area contributed by atoms with E-state index < -0.39 is 5.60 Å². The van der Waals surface area contributed by atoms with E-state index in [9.17, 15) is 14.4 Å². The van der Waals surface area contributed by atoms with Crippen LogP contribution in [0.25, 0.3) is 0 Å². The first-order valence-corrected chi connectivity index (χ1v) is 9.68. The van der Waals surface area contributed by atoms with Gasteiger partial charge in [-0.1, -0.05) is 12.1 Å². The summed E-state index contributed by atoms with van der Waals surface area (Å²) in [7, 11) is 0. The molecule has 0 aliphatic carbocycles. The number of nitrogens with one attached hydrogen (secondary N) is 1. The number of benzene rings is 1. The molecule has 3 amide bonds. The van der Waals surface area contributed by atoms with E-state index in [2.05, 4.69) is 5.32 Å². The number of ether oxygens (including phenoxy) is 1. The normalized spacial score (nSPS) is 14.6. The van der Waals surface area contributed by atoms with Crippen LogP contribution in [-0.4, -0.2) is 59.5 Å². The van der Waals surface area contributed by atoms with Crippen molar-refractivity contribution in [2.45, 2.75) is 53.1 Å². The van der Waals surface area contributed by atoms with E-state index >= 15 is 0 Å². The van der Waals surface area contributed by atoms with Crippen molar-refractivity contribution >= 4 is 23.6 Å². The van der Waals surface area contributed by atoms with Crippen LogP contribution in [0, 0.1) is 13.8 Å². The lowest BCUT2D eigenvalue weighted by molar-refractivity contribution is -0.134. The summed E-state index contributed by atoms with van der Waals surface area (Å²) >= 11 is 0. The smallest absolute Gasteiger partial charge is 0.410 e. The highest BCUT2D eigenvalue weighted by molar-refractivity contribution is 5.94. The standard InChI is InChI=1S/C21H31N3O4/c1-15-6-7-16(2)17(14-15)22-18(25)8-9-19(26)23-10-12-24(13-11-23)20(27)28-21(3,4)5/h6-7,14H,8-13H2,1-5H3,(H,22,25). The molecule has 1 aromatic rings. The van der Waals surface area contributed by atoms with E-state index in [1.807, 2.05) is 52.8 Å². The maximum Gasteiger partial charge on any atom is 0.410 e. The molecule has 1 aliphatic heterocycles. The maximum atomic E-state index is 12.4. The Morgan fingerprint density at radius 3 is 2.21 bits per heavy atom. The molecule has 154 valence electrons. The van der Waals surface area contributed by atoms with Crippen LogP contribution >= 0.6 is 0 Å². The molecule has 0 aromatic heterocycles. The second kappa shape index (κ2) is 9.08. The molecule has 28 heavy (non-hydrogen) atoms. The van der Waals surface area contributed by atoms with Crippen LogP contribution in [0.1, 0.15) is 44.7 Å². The van der Waals surface area contributed by atoms with Gasteiger partial charge in [0.2, 0.25) is 11.8 Å². The van der Waals surface area contributed by atoms with Crippen LogP contribution in [0.3, 0.4) is 0 Å². The van der Waals surface area contributed by atoms with Gasteiger partial charge < -0.3 is 19.9 Å². The van der Waals surface area contributed by atoms with E-state index in [0.29, 0.717) is 26.2 Å². The van der Waals surface area contributed by atoms with Gasteiger partial charge in [0.15, 0.2) is 0 Å². The van der Waals surface area contributed by atoms with Crippen molar-refractivity contribution in [2.24, 2.45) is 0 Å². The zero-order chi connectivity index (χ0) is 20.9. The number of hydrogen-bond acceptors (Lipinski definition) is 4. The molecule has 0 atom stereocenters. The molecule has 7 heteroatoms. The van der Waals surface area contributed by atoms with E-state index in [4.69, 9.17) is 4.74 Å². The lowest BCUT2D eigenvalue weighted by Gasteiger charge is -2.35. The first kappa shape index (κ1) is 21.7. The second-order valence-corrected chi connectivity index (χ2v) is 8.21. The quantitative estimate of drug-likeness (QED) is 0.858. The largest absolute Gasteiger partial charge is 0.444 e. The van der Waals surface area contributed by atoms with Crippen molar-refractivity contribution in [3.05, 3.63) is 29.3 Å². The second-order valence-electron chi connectivity index (χ2n) is 8.21. The molecular weight excluding hydrogens is 358 g/mol. The van der Waals surface area contributed by atoms with E-state index in [0.717, 1.165) is 16.8 Å². The molecule has 7 nitrogen and oxygen atoms in total. The average Bonchev–Trinajstić information content (AvgIpc) is 2.61. The summed E-state index contributed by atoms with van der Waals surface area (Å²) in [5.41, 5.74) is 2.30. The van der Waals surface area contributed by atoms with Crippen molar-refractivity contribution < 1.29 is 19.1 Å². The molecule has 1 saturated heterocycles. The van der Waals surface area contributed by atoms with Crippen LogP contribution in [-0.2, 0) is 14.3 Å². The van der Waals surface area contributed by atoms with Gasteiger partial charge in [0.05, 0.1) is 0 Å². The summed E-state index contributed by atoms with van der Waals surface area (Å²) in [4.78, 5) is 40.0. The molecular formula is C21H31N3O4. The van der Waals surface area contributed by atoms with E-state index in [-0.39, 0.29) is 30.7 Å². The SMILES string of the molecule is Cc1ccc(C)c(NC(=O)CCC(=O)N2CCN(C(=O)OC(C)(C)C)CC2)c1. The minimum absolute atomic E-state index is 0.0695. The number of nitrogens with zero attached hydrogens (tertiary/aromatic N) is 2. The van der Waals surface area contributed by atoms with Crippen molar-refractivity contribution in [1.82, 2.24) is 9.80 Å².